The molecule has 1 aromatic carbocycles. The minimum Gasteiger partial charge on any atom is -0.506 e. The Kier molecular flexibility index (Phi) is 5.24. The smallest absolute Gasteiger partial charge is 0.333 e. The highest BCUT2D eigenvalue weighted by atomic mass is 35.5. The van der Waals surface area contributed by atoms with Crippen molar-refractivity contribution in [2.75, 3.05) is 11.9 Å². The lowest BCUT2D eigenvalue weighted by atomic mass is 10.1. The molecule has 3 aromatic rings. The second-order valence-corrected chi connectivity index (χ2v) is 6.15. The molecule has 0 saturated heterocycles. The third-order valence-corrected chi connectivity index (χ3v) is 4.07. The van der Waals surface area contributed by atoms with Gasteiger partial charge in [-0.2, -0.15) is 0 Å². The molecule has 0 spiro atoms. The molecule has 0 aliphatic heterocycles. The maximum absolute atomic E-state index is 12.0. The third-order valence-electron chi connectivity index (χ3n) is 3.42. The summed E-state index contributed by atoms with van der Waals surface area (Å²) in [5.74, 6) is 0.309. The summed E-state index contributed by atoms with van der Waals surface area (Å²) < 4.78 is 1.17. The Balaban J connectivity index is 1.92. The first-order chi connectivity index (χ1) is 12.5. The standard InChI is InChI=1S/C17H14ClN5O2S/c1-2-7-23(26)17(25)22-15-6-4-12-16(21-15)20-13(9-19-12)10-3-5-14(24)11(18)8-10/h2-6,8-9,24,26H,1,7H2,(H,20,21,22,25). The van der Waals surface area contributed by atoms with Crippen LogP contribution in [0.2, 0.25) is 5.02 Å². The molecule has 3 rings (SSSR count). The van der Waals surface area contributed by atoms with Crippen LogP contribution in [0.3, 0.4) is 0 Å². The van der Waals surface area contributed by atoms with E-state index in [0.29, 0.717) is 28.2 Å². The maximum Gasteiger partial charge on any atom is 0.333 e. The van der Waals surface area contributed by atoms with E-state index in [-0.39, 0.29) is 17.3 Å². The second kappa shape index (κ2) is 7.59. The number of phenolic OH excluding ortho intramolecular Hbond substituents is 1. The zero-order valence-electron chi connectivity index (χ0n) is 13.4. The van der Waals surface area contributed by atoms with E-state index < -0.39 is 6.03 Å². The summed E-state index contributed by atoms with van der Waals surface area (Å²) >= 11 is 9.99. The van der Waals surface area contributed by atoms with Crippen LogP contribution < -0.4 is 5.32 Å². The Morgan fingerprint density at radius 2 is 2.15 bits per heavy atom. The van der Waals surface area contributed by atoms with Crippen LogP contribution in [0.1, 0.15) is 0 Å². The minimum absolute atomic E-state index is 0.0110. The summed E-state index contributed by atoms with van der Waals surface area (Å²) in [5.41, 5.74) is 2.16. The van der Waals surface area contributed by atoms with E-state index in [1.165, 1.54) is 10.4 Å². The molecule has 0 aliphatic rings. The van der Waals surface area contributed by atoms with Gasteiger partial charge in [0.15, 0.2) is 5.65 Å². The molecule has 0 radical (unpaired) electrons. The number of carbonyl (C=O) groups is 1. The fourth-order valence-electron chi connectivity index (χ4n) is 2.15. The number of nitrogens with one attached hydrogen (secondary N) is 1. The van der Waals surface area contributed by atoms with Crippen molar-refractivity contribution in [3.63, 3.8) is 0 Å². The Bertz CT molecular complexity index is 998. The largest absolute Gasteiger partial charge is 0.506 e. The first-order valence-corrected chi connectivity index (χ1v) is 8.26. The van der Waals surface area contributed by atoms with Gasteiger partial charge in [-0.1, -0.05) is 30.5 Å². The monoisotopic (exact) mass is 387 g/mol. The van der Waals surface area contributed by atoms with Gasteiger partial charge in [0.2, 0.25) is 0 Å². The molecule has 0 saturated carbocycles. The average Bonchev–Trinajstić information content (AvgIpc) is 2.63. The van der Waals surface area contributed by atoms with Gasteiger partial charge in [-0.05, 0) is 30.3 Å². The van der Waals surface area contributed by atoms with Gasteiger partial charge in [0.1, 0.15) is 17.1 Å². The van der Waals surface area contributed by atoms with Gasteiger partial charge in [0, 0.05) is 5.56 Å². The van der Waals surface area contributed by atoms with Crippen molar-refractivity contribution in [3.8, 4) is 17.0 Å². The van der Waals surface area contributed by atoms with Crippen molar-refractivity contribution in [2.45, 2.75) is 0 Å². The van der Waals surface area contributed by atoms with Crippen LogP contribution in [0.25, 0.3) is 22.4 Å². The SMILES string of the molecule is C=CCN(S)C(=O)Nc1ccc2ncc(-c3ccc(O)c(Cl)c3)nc2n1. The summed E-state index contributed by atoms with van der Waals surface area (Å²) in [7, 11) is 0. The fraction of sp³-hybridized carbons (Fsp3) is 0.0588. The number of fused-ring (bicyclic) bond motifs is 1. The van der Waals surface area contributed by atoms with Gasteiger partial charge in [-0.25, -0.2) is 14.8 Å². The normalized spacial score (nSPS) is 10.5. The number of hydrogen-bond acceptors (Lipinski definition) is 6. The summed E-state index contributed by atoms with van der Waals surface area (Å²) in [5, 5.41) is 12.4. The van der Waals surface area contributed by atoms with Crippen LogP contribution in [-0.4, -0.2) is 36.9 Å². The van der Waals surface area contributed by atoms with E-state index >= 15 is 0 Å². The summed E-state index contributed by atoms with van der Waals surface area (Å²) in [6.07, 6.45) is 3.14. The van der Waals surface area contributed by atoms with E-state index in [1.54, 1.807) is 36.5 Å². The zero-order chi connectivity index (χ0) is 18.7. The predicted molar refractivity (Wildman–Crippen MR) is 104 cm³/mol. The van der Waals surface area contributed by atoms with E-state index in [0.717, 1.165) is 0 Å². The highest BCUT2D eigenvalue weighted by molar-refractivity contribution is 7.78. The van der Waals surface area contributed by atoms with Crippen molar-refractivity contribution in [1.29, 1.82) is 0 Å². The van der Waals surface area contributed by atoms with Crippen molar-refractivity contribution < 1.29 is 9.90 Å². The van der Waals surface area contributed by atoms with Crippen LogP contribution in [0.4, 0.5) is 10.6 Å². The Labute approximate surface area is 159 Å². The first-order valence-electron chi connectivity index (χ1n) is 7.49. The molecule has 0 bridgehead atoms. The summed E-state index contributed by atoms with van der Waals surface area (Å²) in [6.45, 7) is 3.84. The molecule has 2 aromatic heterocycles. The molecular formula is C17H14ClN5O2S. The highest BCUT2D eigenvalue weighted by Gasteiger charge is 2.11. The van der Waals surface area contributed by atoms with E-state index in [2.05, 4.69) is 39.7 Å². The molecule has 0 atom stereocenters. The number of aromatic hydroxyl groups is 1. The Morgan fingerprint density at radius 3 is 2.88 bits per heavy atom. The number of rotatable bonds is 4. The number of nitrogens with zero attached hydrogens (tertiary/aromatic N) is 4. The van der Waals surface area contributed by atoms with Gasteiger partial charge in [0.05, 0.1) is 23.5 Å². The lowest BCUT2D eigenvalue weighted by Gasteiger charge is -2.13. The molecule has 2 heterocycles. The number of amides is 2. The molecular weight excluding hydrogens is 374 g/mol. The van der Waals surface area contributed by atoms with Crippen LogP contribution in [0.5, 0.6) is 5.75 Å². The molecule has 2 amide bonds. The predicted octanol–water partition coefficient (Wildman–Crippen LogP) is 3.92. The van der Waals surface area contributed by atoms with Crippen LogP contribution in [0.15, 0.2) is 49.2 Å². The van der Waals surface area contributed by atoms with Gasteiger partial charge in [-0.15, -0.1) is 6.58 Å². The molecule has 0 fully saturated rings. The molecule has 2 N–H and O–H groups in total. The number of urea groups is 1. The van der Waals surface area contributed by atoms with E-state index in [1.807, 2.05) is 0 Å². The van der Waals surface area contributed by atoms with Crippen molar-refractivity contribution >= 4 is 47.4 Å². The second-order valence-electron chi connectivity index (χ2n) is 5.26. The fourth-order valence-corrected chi connectivity index (χ4v) is 2.50. The van der Waals surface area contributed by atoms with Gasteiger partial charge < -0.3 is 5.11 Å². The van der Waals surface area contributed by atoms with Crippen molar-refractivity contribution in [3.05, 3.63) is 54.2 Å². The number of phenols is 1. The Hall–Kier alpha value is -2.84. The van der Waals surface area contributed by atoms with Gasteiger partial charge >= 0.3 is 6.03 Å². The summed E-state index contributed by atoms with van der Waals surface area (Å²) in [6, 6.07) is 7.64. The molecule has 132 valence electrons. The van der Waals surface area contributed by atoms with Gasteiger partial charge in [-0.3, -0.25) is 14.6 Å². The first kappa shape index (κ1) is 18.0. The summed E-state index contributed by atoms with van der Waals surface area (Å²) in [4.78, 5) is 25.0. The number of carbonyl (C=O) groups excluding carboxylic acids is 1. The molecule has 7 nitrogen and oxygen atoms in total. The molecule has 9 heteroatoms. The van der Waals surface area contributed by atoms with Crippen molar-refractivity contribution in [1.82, 2.24) is 19.3 Å². The highest BCUT2D eigenvalue weighted by Crippen LogP contribution is 2.28. The van der Waals surface area contributed by atoms with Crippen LogP contribution in [0, 0.1) is 0 Å². The number of pyridine rings is 1. The number of benzene rings is 1. The number of halogens is 1. The number of hydrogen-bond donors (Lipinski definition) is 3. The Morgan fingerprint density at radius 1 is 1.35 bits per heavy atom. The van der Waals surface area contributed by atoms with Crippen LogP contribution in [-0.2, 0) is 0 Å². The molecule has 0 aliphatic carbocycles. The van der Waals surface area contributed by atoms with Gasteiger partial charge in [0.25, 0.3) is 0 Å². The lowest BCUT2D eigenvalue weighted by Crippen LogP contribution is -2.27. The van der Waals surface area contributed by atoms with E-state index in [4.69, 9.17) is 11.6 Å². The molecule has 0 unspecified atom stereocenters. The topological polar surface area (TPSA) is 91.2 Å². The van der Waals surface area contributed by atoms with E-state index in [9.17, 15) is 9.90 Å². The third kappa shape index (κ3) is 3.87. The lowest BCUT2D eigenvalue weighted by molar-refractivity contribution is 0.241. The van der Waals surface area contributed by atoms with Crippen LogP contribution >= 0.6 is 24.4 Å². The number of anilines is 1. The zero-order valence-corrected chi connectivity index (χ0v) is 15.1. The average molecular weight is 388 g/mol. The van der Waals surface area contributed by atoms with Crippen molar-refractivity contribution in [2.24, 2.45) is 0 Å². The number of aromatic nitrogens is 3. The maximum atomic E-state index is 12.0. The quantitative estimate of drug-likeness (QED) is 0.466. The minimum atomic E-state index is -0.436. The number of thiol groups is 1. The molecule has 26 heavy (non-hydrogen) atoms.